The molecule has 2 N–H and O–H groups in total. The first-order valence-corrected chi connectivity index (χ1v) is 9.83. The van der Waals surface area contributed by atoms with Gasteiger partial charge in [0.25, 0.3) is 0 Å². The fourth-order valence-electron chi connectivity index (χ4n) is 4.38. The van der Waals surface area contributed by atoms with Crippen LogP contribution in [0, 0.1) is 0 Å². The lowest BCUT2D eigenvalue weighted by atomic mass is 9.96. The van der Waals surface area contributed by atoms with Gasteiger partial charge in [0, 0.05) is 26.7 Å². The standard InChI is InChI=1S/C20H30N4O2.HI/c1-21-20(23-17-13-16-7-8-19(17)26-16)22-14-18(15-5-3-2-4-6-15)24-9-11-25-12-10-24;/h2-6,16-19H,7-14H2,1H3,(H2,21,22,23);1H. The van der Waals surface area contributed by atoms with Crippen molar-refractivity contribution < 1.29 is 9.47 Å². The quantitative estimate of drug-likeness (QED) is 0.380. The zero-order valence-corrected chi connectivity index (χ0v) is 18.3. The van der Waals surface area contributed by atoms with Crippen LogP contribution in [0.3, 0.4) is 0 Å². The third kappa shape index (κ3) is 5.13. The molecule has 2 bridgehead atoms. The van der Waals surface area contributed by atoms with Gasteiger partial charge in [-0.05, 0) is 24.8 Å². The van der Waals surface area contributed by atoms with E-state index in [4.69, 9.17) is 9.47 Å². The Morgan fingerprint density at radius 2 is 2.00 bits per heavy atom. The first-order valence-electron chi connectivity index (χ1n) is 9.83. The maximum absolute atomic E-state index is 5.95. The molecule has 0 spiro atoms. The number of fused-ring (bicyclic) bond motifs is 2. The number of nitrogens with one attached hydrogen (secondary N) is 2. The molecule has 3 heterocycles. The molecule has 0 amide bonds. The van der Waals surface area contributed by atoms with E-state index in [-0.39, 0.29) is 24.0 Å². The topological polar surface area (TPSA) is 58.1 Å². The molecule has 27 heavy (non-hydrogen) atoms. The van der Waals surface area contributed by atoms with Gasteiger partial charge in [0.15, 0.2) is 5.96 Å². The Balaban J connectivity index is 0.00000210. The molecule has 1 aromatic carbocycles. The van der Waals surface area contributed by atoms with E-state index in [0.717, 1.165) is 45.2 Å². The predicted octanol–water partition coefficient (Wildman–Crippen LogP) is 2.16. The molecule has 3 fully saturated rings. The van der Waals surface area contributed by atoms with Crippen molar-refractivity contribution >= 4 is 29.9 Å². The summed E-state index contributed by atoms with van der Waals surface area (Å²) >= 11 is 0. The summed E-state index contributed by atoms with van der Waals surface area (Å²) in [4.78, 5) is 6.94. The second kappa shape index (κ2) is 10.0. The Morgan fingerprint density at radius 1 is 1.22 bits per heavy atom. The van der Waals surface area contributed by atoms with Crippen molar-refractivity contribution in [1.82, 2.24) is 15.5 Å². The number of hydrogen-bond donors (Lipinski definition) is 2. The molecule has 3 aliphatic heterocycles. The Labute approximate surface area is 179 Å². The van der Waals surface area contributed by atoms with Gasteiger partial charge in [-0.3, -0.25) is 9.89 Å². The number of ether oxygens (including phenoxy) is 2. The molecule has 4 unspecified atom stereocenters. The van der Waals surface area contributed by atoms with E-state index in [9.17, 15) is 0 Å². The molecule has 0 aromatic heterocycles. The molecule has 0 aliphatic carbocycles. The van der Waals surface area contributed by atoms with Crippen LogP contribution in [0.5, 0.6) is 0 Å². The molecule has 0 saturated carbocycles. The van der Waals surface area contributed by atoms with Crippen molar-refractivity contribution in [1.29, 1.82) is 0 Å². The van der Waals surface area contributed by atoms with Crippen LogP contribution in [0.15, 0.2) is 35.3 Å². The van der Waals surface area contributed by atoms with E-state index in [0.29, 0.717) is 24.3 Å². The van der Waals surface area contributed by atoms with Crippen molar-refractivity contribution in [2.45, 2.75) is 43.6 Å². The number of benzene rings is 1. The van der Waals surface area contributed by atoms with Crippen molar-refractivity contribution in [3.63, 3.8) is 0 Å². The summed E-state index contributed by atoms with van der Waals surface area (Å²) in [6.45, 7) is 4.36. The Morgan fingerprint density at radius 3 is 2.63 bits per heavy atom. The lowest BCUT2D eigenvalue weighted by Gasteiger charge is -2.35. The van der Waals surface area contributed by atoms with Gasteiger partial charge >= 0.3 is 0 Å². The fraction of sp³-hybridized carbons (Fsp3) is 0.650. The van der Waals surface area contributed by atoms with Gasteiger partial charge in [0.2, 0.25) is 0 Å². The van der Waals surface area contributed by atoms with Crippen LogP contribution in [-0.2, 0) is 9.47 Å². The summed E-state index contributed by atoms with van der Waals surface area (Å²) in [5.41, 5.74) is 1.33. The van der Waals surface area contributed by atoms with Crippen LogP contribution in [-0.4, -0.2) is 69.0 Å². The second-order valence-corrected chi connectivity index (χ2v) is 7.39. The average Bonchev–Trinajstić information content (AvgIpc) is 3.32. The molecule has 7 heteroatoms. The van der Waals surface area contributed by atoms with Crippen LogP contribution >= 0.6 is 24.0 Å². The van der Waals surface area contributed by atoms with Gasteiger partial charge in [-0.15, -0.1) is 24.0 Å². The van der Waals surface area contributed by atoms with Crippen LogP contribution < -0.4 is 10.6 Å². The van der Waals surface area contributed by atoms with Crippen molar-refractivity contribution in [3.05, 3.63) is 35.9 Å². The number of rotatable bonds is 5. The summed E-state index contributed by atoms with van der Waals surface area (Å²) in [5.74, 6) is 0.875. The highest BCUT2D eigenvalue weighted by molar-refractivity contribution is 14.0. The number of halogens is 1. The van der Waals surface area contributed by atoms with E-state index in [1.807, 2.05) is 7.05 Å². The van der Waals surface area contributed by atoms with E-state index < -0.39 is 0 Å². The van der Waals surface area contributed by atoms with Crippen LogP contribution in [0.1, 0.15) is 30.9 Å². The van der Waals surface area contributed by atoms with Gasteiger partial charge in [-0.1, -0.05) is 30.3 Å². The van der Waals surface area contributed by atoms with Gasteiger partial charge in [0.05, 0.1) is 37.5 Å². The largest absolute Gasteiger partial charge is 0.379 e. The molecule has 150 valence electrons. The van der Waals surface area contributed by atoms with Gasteiger partial charge in [-0.2, -0.15) is 0 Å². The SMILES string of the molecule is CN=C(NCC(c1ccccc1)N1CCOCC1)NC1CC2CCC1O2.I. The third-order valence-corrected chi connectivity index (χ3v) is 5.79. The summed E-state index contributed by atoms with van der Waals surface area (Å²) < 4.78 is 11.5. The fourth-order valence-corrected chi connectivity index (χ4v) is 4.38. The smallest absolute Gasteiger partial charge is 0.191 e. The molecule has 4 atom stereocenters. The lowest BCUT2D eigenvalue weighted by molar-refractivity contribution is 0.0170. The molecular formula is C20H31IN4O2. The Bertz CT molecular complexity index is 609. The summed E-state index contributed by atoms with van der Waals surface area (Å²) in [5, 5.41) is 7.13. The van der Waals surface area contributed by atoms with Gasteiger partial charge in [-0.25, -0.2) is 0 Å². The molecule has 1 aromatic rings. The van der Waals surface area contributed by atoms with E-state index >= 15 is 0 Å². The van der Waals surface area contributed by atoms with Crippen LogP contribution in [0.25, 0.3) is 0 Å². The highest BCUT2D eigenvalue weighted by Gasteiger charge is 2.41. The van der Waals surface area contributed by atoms with Gasteiger partial charge < -0.3 is 20.1 Å². The maximum Gasteiger partial charge on any atom is 0.191 e. The minimum absolute atomic E-state index is 0. The summed E-state index contributed by atoms with van der Waals surface area (Å²) in [6.07, 6.45) is 4.27. The first-order chi connectivity index (χ1) is 12.8. The monoisotopic (exact) mass is 486 g/mol. The zero-order valence-electron chi connectivity index (χ0n) is 16.0. The number of morpholine rings is 1. The molecular weight excluding hydrogens is 455 g/mol. The summed E-state index contributed by atoms with van der Waals surface area (Å²) in [7, 11) is 1.84. The van der Waals surface area contributed by atoms with E-state index in [2.05, 4.69) is 50.9 Å². The number of guanidine groups is 1. The average molecular weight is 486 g/mol. The maximum atomic E-state index is 5.95. The number of nitrogens with zero attached hydrogens (tertiary/aromatic N) is 2. The normalized spacial score (nSPS) is 29.2. The van der Waals surface area contributed by atoms with Crippen molar-refractivity contribution in [2.75, 3.05) is 39.9 Å². The van der Waals surface area contributed by atoms with Crippen molar-refractivity contribution in [3.8, 4) is 0 Å². The molecule has 0 radical (unpaired) electrons. The minimum atomic E-state index is 0. The zero-order chi connectivity index (χ0) is 17.8. The first kappa shape index (κ1) is 20.8. The number of hydrogen-bond acceptors (Lipinski definition) is 4. The summed E-state index contributed by atoms with van der Waals surface area (Å²) in [6, 6.07) is 11.4. The molecule has 3 saturated heterocycles. The molecule has 3 aliphatic rings. The lowest BCUT2D eigenvalue weighted by Crippen LogP contribution is -2.50. The van der Waals surface area contributed by atoms with Crippen molar-refractivity contribution in [2.24, 2.45) is 4.99 Å². The molecule has 4 rings (SSSR count). The highest BCUT2D eigenvalue weighted by Crippen LogP contribution is 2.34. The molecule has 6 nitrogen and oxygen atoms in total. The Hall–Kier alpha value is -0.900. The highest BCUT2D eigenvalue weighted by atomic mass is 127. The van der Waals surface area contributed by atoms with Gasteiger partial charge in [0.1, 0.15) is 0 Å². The predicted molar refractivity (Wildman–Crippen MR) is 118 cm³/mol. The minimum Gasteiger partial charge on any atom is -0.379 e. The second-order valence-electron chi connectivity index (χ2n) is 7.39. The Kier molecular flexibility index (Phi) is 7.75. The van der Waals surface area contributed by atoms with E-state index in [1.165, 1.54) is 18.4 Å². The van der Waals surface area contributed by atoms with E-state index in [1.54, 1.807) is 0 Å². The van der Waals surface area contributed by atoms with Crippen LogP contribution in [0.4, 0.5) is 0 Å². The third-order valence-electron chi connectivity index (χ3n) is 5.79. The number of aliphatic imine (C=N–C) groups is 1. The van der Waals surface area contributed by atoms with Crippen LogP contribution in [0.2, 0.25) is 0 Å².